The molecule has 3 amide bonds. The van der Waals surface area contributed by atoms with Gasteiger partial charge in [0.2, 0.25) is 5.91 Å². The smallest absolute Gasteiger partial charge is 0.317 e. The van der Waals surface area contributed by atoms with Gasteiger partial charge < -0.3 is 15.5 Å². The van der Waals surface area contributed by atoms with Crippen LogP contribution in [0.2, 0.25) is 0 Å². The van der Waals surface area contributed by atoms with Gasteiger partial charge in [0.25, 0.3) is 0 Å². The summed E-state index contributed by atoms with van der Waals surface area (Å²) in [6, 6.07) is 0.247. The highest BCUT2D eigenvalue weighted by atomic mass is 16.2. The maximum atomic E-state index is 11.9. The van der Waals surface area contributed by atoms with Gasteiger partial charge in [-0.05, 0) is 18.8 Å². The second kappa shape index (κ2) is 5.59. The predicted octanol–water partition coefficient (Wildman–Crippen LogP) is 1.34. The Morgan fingerprint density at radius 2 is 1.89 bits per heavy atom. The molecule has 0 bridgehead atoms. The van der Waals surface area contributed by atoms with E-state index in [-0.39, 0.29) is 29.4 Å². The Balaban J connectivity index is 2.25. The third kappa shape index (κ3) is 4.94. The number of amides is 3. The molecular formula is C13H25N3O2. The lowest BCUT2D eigenvalue weighted by molar-refractivity contribution is -0.120. The van der Waals surface area contributed by atoms with E-state index in [2.05, 4.69) is 31.4 Å². The molecule has 0 radical (unpaired) electrons. The molecular weight excluding hydrogens is 230 g/mol. The minimum Gasteiger partial charge on any atom is -0.350 e. The van der Waals surface area contributed by atoms with E-state index in [1.807, 2.05) is 6.92 Å². The molecule has 0 aromatic rings. The van der Waals surface area contributed by atoms with Crippen molar-refractivity contribution in [3.63, 3.8) is 0 Å². The van der Waals surface area contributed by atoms with Crippen LogP contribution in [0, 0.1) is 5.41 Å². The summed E-state index contributed by atoms with van der Waals surface area (Å²) in [5.41, 5.74) is 0.209. The second-order valence-corrected chi connectivity index (χ2v) is 6.42. The van der Waals surface area contributed by atoms with Crippen molar-refractivity contribution < 1.29 is 9.59 Å². The number of urea groups is 1. The van der Waals surface area contributed by atoms with E-state index in [0.717, 1.165) is 6.42 Å². The van der Waals surface area contributed by atoms with E-state index in [0.29, 0.717) is 13.1 Å². The van der Waals surface area contributed by atoms with Crippen LogP contribution >= 0.6 is 0 Å². The summed E-state index contributed by atoms with van der Waals surface area (Å²) in [6.45, 7) is 11.2. The van der Waals surface area contributed by atoms with Crippen LogP contribution in [-0.4, -0.2) is 42.0 Å². The van der Waals surface area contributed by atoms with Crippen LogP contribution in [0.3, 0.4) is 0 Å². The molecule has 5 heteroatoms. The molecule has 0 spiro atoms. The van der Waals surface area contributed by atoms with Crippen LogP contribution in [0.1, 0.15) is 41.0 Å². The minimum absolute atomic E-state index is 0.0339. The van der Waals surface area contributed by atoms with Gasteiger partial charge in [0.1, 0.15) is 0 Å². The molecule has 18 heavy (non-hydrogen) atoms. The van der Waals surface area contributed by atoms with Crippen LogP contribution in [0.25, 0.3) is 0 Å². The van der Waals surface area contributed by atoms with Crippen molar-refractivity contribution in [1.29, 1.82) is 0 Å². The third-order valence-corrected chi connectivity index (χ3v) is 2.86. The van der Waals surface area contributed by atoms with Crippen molar-refractivity contribution in [1.82, 2.24) is 15.5 Å². The maximum absolute atomic E-state index is 11.9. The first-order valence-electron chi connectivity index (χ1n) is 6.50. The molecule has 1 aliphatic rings. The Labute approximate surface area is 109 Å². The maximum Gasteiger partial charge on any atom is 0.317 e. The van der Waals surface area contributed by atoms with E-state index in [4.69, 9.17) is 0 Å². The van der Waals surface area contributed by atoms with Crippen molar-refractivity contribution in [2.75, 3.05) is 13.1 Å². The minimum atomic E-state index is -0.0406. The number of hydrogen-bond acceptors (Lipinski definition) is 2. The summed E-state index contributed by atoms with van der Waals surface area (Å²) < 4.78 is 0. The Kier molecular flexibility index (Phi) is 4.59. The van der Waals surface area contributed by atoms with E-state index in [1.165, 1.54) is 6.92 Å². The molecule has 5 nitrogen and oxygen atoms in total. The fourth-order valence-corrected chi connectivity index (χ4v) is 2.29. The van der Waals surface area contributed by atoms with E-state index >= 15 is 0 Å². The van der Waals surface area contributed by atoms with Crippen LogP contribution in [0.5, 0.6) is 0 Å². The van der Waals surface area contributed by atoms with Gasteiger partial charge in [-0.25, -0.2) is 4.79 Å². The van der Waals surface area contributed by atoms with Crippen molar-refractivity contribution in [2.45, 2.75) is 53.1 Å². The number of rotatable bonds is 3. The molecule has 0 aliphatic carbocycles. The lowest BCUT2D eigenvalue weighted by atomic mass is 9.89. The topological polar surface area (TPSA) is 61.4 Å². The summed E-state index contributed by atoms with van der Waals surface area (Å²) in [5.74, 6) is -0.0406. The summed E-state index contributed by atoms with van der Waals surface area (Å²) in [5, 5.41) is 5.78. The number of nitrogens with one attached hydrogen (secondary N) is 2. The Hall–Kier alpha value is -1.26. The number of carbonyl (C=O) groups excluding carboxylic acids is 2. The van der Waals surface area contributed by atoms with Crippen LogP contribution in [0.15, 0.2) is 0 Å². The zero-order valence-electron chi connectivity index (χ0n) is 12.0. The molecule has 1 atom stereocenters. The molecule has 2 N–H and O–H groups in total. The second-order valence-electron chi connectivity index (χ2n) is 6.42. The average molecular weight is 255 g/mol. The summed E-state index contributed by atoms with van der Waals surface area (Å²) in [6.07, 6.45) is 0.946. The van der Waals surface area contributed by atoms with Gasteiger partial charge in [0, 0.05) is 26.1 Å². The summed E-state index contributed by atoms with van der Waals surface area (Å²) >= 11 is 0. The Morgan fingerprint density at radius 1 is 1.33 bits per heavy atom. The van der Waals surface area contributed by atoms with Crippen molar-refractivity contribution in [2.24, 2.45) is 5.41 Å². The molecule has 1 saturated heterocycles. The molecule has 0 aromatic carbocycles. The lowest BCUT2D eigenvalue weighted by Crippen LogP contribution is -2.63. The molecule has 1 aliphatic heterocycles. The number of hydrogen-bond donors (Lipinski definition) is 2. The average Bonchev–Trinajstić information content (AvgIpc) is 2.05. The van der Waals surface area contributed by atoms with E-state index < -0.39 is 0 Å². The van der Waals surface area contributed by atoms with Gasteiger partial charge in [-0.15, -0.1) is 0 Å². The van der Waals surface area contributed by atoms with Gasteiger partial charge in [-0.2, -0.15) is 0 Å². The SMILES string of the molecule is CC(=O)NC1CN(C(=O)NC(C)CC(C)(C)C)C1. The lowest BCUT2D eigenvalue weighted by Gasteiger charge is -2.40. The van der Waals surface area contributed by atoms with E-state index in [1.54, 1.807) is 4.90 Å². The monoisotopic (exact) mass is 255 g/mol. The highest BCUT2D eigenvalue weighted by Crippen LogP contribution is 2.20. The molecule has 1 unspecified atom stereocenters. The normalized spacial score (nSPS) is 17.9. The summed E-state index contributed by atoms with van der Waals surface area (Å²) in [4.78, 5) is 24.4. The first-order chi connectivity index (χ1) is 8.17. The van der Waals surface area contributed by atoms with E-state index in [9.17, 15) is 9.59 Å². The quantitative estimate of drug-likeness (QED) is 0.799. The largest absolute Gasteiger partial charge is 0.350 e. The highest BCUT2D eigenvalue weighted by molar-refractivity contribution is 5.77. The fourth-order valence-electron chi connectivity index (χ4n) is 2.29. The molecule has 0 aromatic heterocycles. The first kappa shape index (κ1) is 14.8. The van der Waals surface area contributed by atoms with Crippen LogP contribution in [0.4, 0.5) is 4.79 Å². The zero-order valence-corrected chi connectivity index (χ0v) is 12.0. The standard InChI is InChI=1S/C13H25N3O2/c1-9(6-13(3,4)5)14-12(18)16-7-11(8-16)15-10(2)17/h9,11H,6-8H2,1-5H3,(H,14,18)(H,15,17). The molecule has 1 fully saturated rings. The number of nitrogens with zero attached hydrogens (tertiary/aromatic N) is 1. The predicted molar refractivity (Wildman–Crippen MR) is 71.2 cm³/mol. The van der Waals surface area contributed by atoms with Gasteiger partial charge in [0.05, 0.1) is 6.04 Å². The molecule has 104 valence electrons. The van der Waals surface area contributed by atoms with Gasteiger partial charge >= 0.3 is 6.03 Å². The number of likely N-dealkylation sites (tertiary alicyclic amines) is 1. The first-order valence-corrected chi connectivity index (χ1v) is 6.50. The van der Waals surface area contributed by atoms with Crippen molar-refractivity contribution >= 4 is 11.9 Å². The third-order valence-electron chi connectivity index (χ3n) is 2.86. The molecule has 0 saturated carbocycles. The van der Waals surface area contributed by atoms with Gasteiger partial charge in [-0.3, -0.25) is 4.79 Å². The highest BCUT2D eigenvalue weighted by Gasteiger charge is 2.31. The fraction of sp³-hybridized carbons (Fsp3) is 0.846. The Morgan fingerprint density at radius 3 is 2.33 bits per heavy atom. The van der Waals surface area contributed by atoms with Crippen molar-refractivity contribution in [3.05, 3.63) is 0 Å². The van der Waals surface area contributed by atoms with Gasteiger partial charge in [0.15, 0.2) is 0 Å². The number of carbonyl (C=O) groups is 2. The molecule has 1 rings (SSSR count). The van der Waals surface area contributed by atoms with Crippen LogP contribution in [-0.2, 0) is 4.79 Å². The zero-order chi connectivity index (χ0) is 13.9. The molecule has 1 heterocycles. The Bertz CT molecular complexity index is 317. The van der Waals surface area contributed by atoms with Crippen LogP contribution < -0.4 is 10.6 Å². The summed E-state index contributed by atoms with van der Waals surface area (Å²) in [7, 11) is 0. The van der Waals surface area contributed by atoms with Gasteiger partial charge in [-0.1, -0.05) is 20.8 Å². The van der Waals surface area contributed by atoms with Crippen molar-refractivity contribution in [3.8, 4) is 0 Å².